The minimum Gasteiger partial charge on any atom is -0.481 e. The summed E-state index contributed by atoms with van der Waals surface area (Å²) in [5, 5.41) is 9.67. The molecule has 0 radical (unpaired) electrons. The molecule has 112 valence electrons. The lowest BCUT2D eigenvalue weighted by Crippen LogP contribution is -2.30. The van der Waals surface area contributed by atoms with E-state index in [0.717, 1.165) is 16.6 Å². The van der Waals surface area contributed by atoms with Crippen LogP contribution in [0.15, 0.2) is 30.5 Å². The molecule has 0 saturated carbocycles. The van der Waals surface area contributed by atoms with Gasteiger partial charge < -0.3 is 15.0 Å². The molecule has 1 amide bonds. The highest BCUT2D eigenvalue weighted by Crippen LogP contribution is 2.22. The van der Waals surface area contributed by atoms with E-state index in [-0.39, 0.29) is 12.3 Å². The first-order valence-electron chi connectivity index (χ1n) is 7.21. The van der Waals surface area contributed by atoms with Crippen LogP contribution in [0.3, 0.4) is 0 Å². The van der Waals surface area contributed by atoms with Crippen LogP contribution < -0.4 is 4.90 Å². The summed E-state index contributed by atoms with van der Waals surface area (Å²) >= 11 is 0. The average molecular weight is 288 g/mol. The van der Waals surface area contributed by atoms with Gasteiger partial charge >= 0.3 is 5.97 Å². The van der Waals surface area contributed by atoms with Crippen LogP contribution >= 0.6 is 0 Å². The summed E-state index contributed by atoms with van der Waals surface area (Å²) in [7, 11) is 0. The molecular formula is C16H20N2O3. The molecule has 0 spiro atoms. The lowest BCUT2D eigenvalue weighted by molar-refractivity contribution is -0.137. The van der Waals surface area contributed by atoms with E-state index in [1.54, 1.807) is 4.90 Å². The third-order valence-corrected chi connectivity index (χ3v) is 3.50. The molecular weight excluding hydrogens is 268 g/mol. The number of amides is 1. The van der Waals surface area contributed by atoms with Crippen LogP contribution in [0.1, 0.15) is 32.6 Å². The summed E-state index contributed by atoms with van der Waals surface area (Å²) in [6.07, 6.45) is 3.52. The smallest absolute Gasteiger partial charge is 0.303 e. The Labute approximate surface area is 123 Å². The molecule has 0 bridgehead atoms. The number of nitrogens with one attached hydrogen (secondary N) is 1. The van der Waals surface area contributed by atoms with E-state index < -0.39 is 5.97 Å². The molecule has 21 heavy (non-hydrogen) atoms. The molecule has 5 heteroatoms. The number of anilines is 1. The number of carboxylic acid groups (broad SMARTS) is 1. The summed E-state index contributed by atoms with van der Waals surface area (Å²) < 4.78 is 0. The van der Waals surface area contributed by atoms with Gasteiger partial charge in [0.2, 0.25) is 5.91 Å². The Morgan fingerprint density at radius 2 is 1.95 bits per heavy atom. The van der Waals surface area contributed by atoms with Crippen molar-refractivity contribution in [2.45, 2.75) is 32.6 Å². The van der Waals surface area contributed by atoms with Gasteiger partial charge in [0, 0.05) is 42.2 Å². The molecule has 0 aliphatic rings. The number of carbonyl (C=O) groups is 2. The molecule has 1 aromatic heterocycles. The maximum Gasteiger partial charge on any atom is 0.303 e. The Balaban J connectivity index is 2.00. The van der Waals surface area contributed by atoms with E-state index in [1.165, 1.54) is 0 Å². The molecule has 1 heterocycles. The predicted octanol–water partition coefficient (Wildman–Crippen LogP) is 3.17. The number of hydrogen-bond acceptors (Lipinski definition) is 2. The van der Waals surface area contributed by atoms with E-state index in [9.17, 15) is 9.59 Å². The molecule has 0 aliphatic heterocycles. The van der Waals surface area contributed by atoms with Crippen molar-refractivity contribution in [1.82, 2.24) is 4.98 Å². The first-order chi connectivity index (χ1) is 10.1. The molecule has 1 aromatic carbocycles. The fourth-order valence-corrected chi connectivity index (χ4v) is 2.40. The number of aromatic amines is 1. The average Bonchev–Trinajstić information content (AvgIpc) is 2.92. The van der Waals surface area contributed by atoms with E-state index in [0.29, 0.717) is 25.8 Å². The second-order valence-corrected chi connectivity index (χ2v) is 4.99. The SMILES string of the molecule is CCN(C(=O)CCCCC(=O)O)c1ccc2[nH]ccc2c1. The standard InChI is InChI=1S/C16H20N2O3/c1-2-18(15(19)5-3-4-6-16(20)21)13-7-8-14-12(11-13)9-10-17-14/h7-11,17H,2-6H2,1H3,(H,20,21). The number of aliphatic carboxylic acids is 1. The highest BCUT2D eigenvalue weighted by atomic mass is 16.4. The topological polar surface area (TPSA) is 73.4 Å². The van der Waals surface area contributed by atoms with Gasteiger partial charge in [-0.05, 0) is 44.0 Å². The van der Waals surface area contributed by atoms with Crippen LogP contribution in [-0.4, -0.2) is 28.5 Å². The maximum atomic E-state index is 12.3. The summed E-state index contributed by atoms with van der Waals surface area (Å²) in [6.45, 7) is 2.55. The van der Waals surface area contributed by atoms with Gasteiger partial charge in [-0.15, -0.1) is 0 Å². The molecule has 2 N–H and O–H groups in total. The van der Waals surface area contributed by atoms with Crippen molar-refractivity contribution in [2.75, 3.05) is 11.4 Å². The highest BCUT2D eigenvalue weighted by molar-refractivity contribution is 5.95. The summed E-state index contributed by atoms with van der Waals surface area (Å²) in [5.74, 6) is -0.773. The number of carboxylic acids is 1. The summed E-state index contributed by atoms with van der Waals surface area (Å²) in [4.78, 5) is 27.6. The van der Waals surface area contributed by atoms with Crippen LogP contribution in [0, 0.1) is 0 Å². The number of rotatable bonds is 7. The highest BCUT2D eigenvalue weighted by Gasteiger charge is 2.14. The minimum atomic E-state index is -0.812. The normalized spacial score (nSPS) is 10.7. The van der Waals surface area contributed by atoms with Gasteiger partial charge in [0.05, 0.1) is 0 Å². The first-order valence-corrected chi connectivity index (χ1v) is 7.21. The molecule has 0 aliphatic carbocycles. The zero-order chi connectivity index (χ0) is 15.2. The van der Waals surface area contributed by atoms with Crippen LogP contribution in [0.2, 0.25) is 0 Å². The summed E-state index contributed by atoms with van der Waals surface area (Å²) in [5.41, 5.74) is 1.93. The van der Waals surface area contributed by atoms with E-state index in [2.05, 4.69) is 4.98 Å². The van der Waals surface area contributed by atoms with Gasteiger partial charge in [-0.1, -0.05) is 0 Å². The molecule has 5 nitrogen and oxygen atoms in total. The Morgan fingerprint density at radius 1 is 1.19 bits per heavy atom. The van der Waals surface area contributed by atoms with Crippen LogP contribution in [-0.2, 0) is 9.59 Å². The molecule has 0 atom stereocenters. The molecule has 0 saturated heterocycles. The lowest BCUT2D eigenvalue weighted by atomic mass is 10.1. The molecule has 2 rings (SSSR count). The van der Waals surface area contributed by atoms with Crippen LogP contribution in [0.5, 0.6) is 0 Å². The predicted molar refractivity (Wildman–Crippen MR) is 82.4 cm³/mol. The lowest BCUT2D eigenvalue weighted by Gasteiger charge is -2.21. The first kappa shape index (κ1) is 15.1. The second kappa shape index (κ2) is 6.92. The number of benzene rings is 1. The Morgan fingerprint density at radius 3 is 2.67 bits per heavy atom. The largest absolute Gasteiger partial charge is 0.481 e. The van der Waals surface area contributed by atoms with Crippen molar-refractivity contribution in [1.29, 1.82) is 0 Å². The summed E-state index contributed by atoms with van der Waals surface area (Å²) in [6, 6.07) is 7.86. The number of fused-ring (bicyclic) bond motifs is 1. The number of aromatic nitrogens is 1. The van der Waals surface area contributed by atoms with Crippen molar-refractivity contribution >= 4 is 28.5 Å². The fraction of sp³-hybridized carbons (Fsp3) is 0.375. The number of unbranched alkanes of at least 4 members (excludes halogenated alkanes) is 1. The van der Waals surface area contributed by atoms with E-state index >= 15 is 0 Å². The second-order valence-electron chi connectivity index (χ2n) is 4.99. The van der Waals surface area contributed by atoms with Crippen molar-refractivity contribution in [3.05, 3.63) is 30.5 Å². The number of nitrogens with zero attached hydrogens (tertiary/aromatic N) is 1. The van der Waals surface area contributed by atoms with Crippen molar-refractivity contribution in [3.8, 4) is 0 Å². The Hall–Kier alpha value is -2.30. The number of hydrogen-bond donors (Lipinski definition) is 2. The quantitative estimate of drug-likeness (QED) is 0.768. The van der Waals surface area contributed by atoms with Gasteiger partial charge in [0.25, 0.3) is 0 Å². The van der Waals surface area contributed by atoms with Gasteiger partial charge in [-0.3, -0.25) is 9.59 Å². The van der Waals surface area contributed by atoms with Gasteiger partial charge in [0.1, 0.15) is 0 Å². The zero-order valence-electron chi connectivity index (χ0n) is 12.1. The minimum absolute atomic E-state index is 0.0396. The molecule has 0 fully saturated rings. The van der Waals surface area contributed by atoms with Gasteiger partial charge in [0.15, 0.2) is 0 Å². The number of H-pyrrole nitrogens is 1. The van der Waals surface area contributed by atoms with Crippen molar-refractivity contribution in [3.63, 3.8) is 0 Å². The van der Waals surface area contributed by atoms with Gasteiger partial charge in [-0.2, -0.15) is 0 Å². The van der Waals surface area contributed by atoms with Crippen molar-refractivity contribution < 1.29 is 14.7 Å². The third-order valence-electron chi connectivity index (χ3n) is 3.50. The maximum absolute atomic E-state index is 12.3. The molecule has 2 aromatic rings. The fourth-order valence-electron chi connectivity index (χ4n) is 2.40. The third kappa shape index (κ3) is 3.84. The van der Waals surface area contributed by atoms with E-state index in [4.69, 9.17) is 5.11 Å². The number of carbonyl (C=O) groups excluding carboxylic acids is 1. The van der Waals surface area contributed by atoms with E-state index in [1.807, 2.05) is 37.4 Å². The van der Waals surface area contributed by atoms with Crippen LogP contribution in [0.4, 0.5) is 5.69 Å². The monoisotopic (exact) mass is 288 g/mol. The zero-order valence-corrected chi connectivity index (χ0v) is 12.1. The van der Waals surface area contributed by atoms with Gasteiger partial charge in [-0.25, -0.2) is 0 Å². The Bertz CT molecular complexity index is 633. The Kier molecular flexibility index (Phi) is 4.98. The molecule has 0 unspecified atom stereocenters. The van der Waals surface area contributed by atoms with Crippen LogP contribution in [0.25, 0.3) is 10.9 Å². The van der Waals surface area contributed by atoms with Crippen molar-refractivity contribution in [2.24, 2.45) is 0 Å².